The van der Waals surface area contributed by atoms with Crippen molar-refractivity contribution in [2.24, 2.45) is 0 Å². The van der Waals surface area contributed by atoms with E-state index in [4.69, 9.17) is 14.8 Å². The molecule has 1 heterocycles. The second-order valence-corrected chi connectivity index (χ2v) is 6.86. The molecule has 6 heteroatoms. The molecule has 0 bridgehead atoms. The zero-order valence-electron chi connectivity index (χ0n) is 12.0. The Morgan fingerprint density at radius 2 is 2.14 bits per heavy atom. The number of hydrogen-bond donors (Lipinski definition) is 2. The van der Waals surface area contributed by atoms with Gasteiger partial charge < -0.3 is 15.2 Å². The van der Waals surface area contributed by atoms with Gasteiger partial charge in [0, 0.05) is 21.9 Å². The van der Waals surface area contributed by atoms with Crippen molar-refractivity contribution in [3.63, 3.8) is 0 Å². The van der Waals surface area contributed by atoms with Crippen LogP contribution in [-0.4, -0.2) is 30.4 Å². The van der Waals surface area contributed by atoms with Crippen LogP contribution >= 0.6 is 33.9 Å². The number of thiazole rings is 1. The van der Waals surface area contributed by atoms with Crippen molar-refractivity contribution in [1.82, 2.24) is 4.98 Å². The zero-order valence-corrected chi connectivity index (χ0v) is 14.9. The Morgan fingerprint density at radius 1 is 1.27 bits per heavy atom. The van der Waals surface area contributed by atoms with Gasteiger partial charge in [-0.25, -0.2) is 4.98 Å². The summed E-state index contributed by atoms with van der Waals surface area (Å²) in [5.41, 5.74) is 3.19. The SMILES string of the molecule is CNc1ccc(-c2nc3ccc(OCCO)cc3s2)cc1I. The monoisotopic (exact) mass is 426 g/mol. The molecule has 2 aromatic carbocycles. The van der Waals surface area contributed by atoms with Crippen LogP contribution in [0.4, 0.5) is 5.69 Å². The van der Waals surface area contributed by atoms with Gasteiger partial charge in [0.15, 0.2) is 0 Å². The second kappa shape index (κ2) is 6.80. The Hall–Kier alpha value is -1.38. The van der Waals surface area contributed by atoms with Crippen molar-refractivity contribution >= 4 is 49.8 Å². The number of ether oxygens (including phenoxy) is 1. The second-order valence-electron chi connectivity index (χ2n) is 4.67. The number of benzene rings is 2. The van der Waals surface area contributed by atoms with E-state index in [0.29, 0.717) is 6.61 Å². The summed E-state index contributed by atoms with van der Waals surface area (Å²) in [6.45, 7) is 0.322. The Labute approximate surface area is 146 Å². The molecule has 114 valence electrons. The van der Waals surface area contributed by atoms with Crippen LogP contribution in [0.1, 0.15) is 0 Å². The number of nitrogens with one attached hydrogen (secondary N) is 1. The first kappa shape index (κ1) is 15.5. The predicted molar refractivity (Wildman–Crippen MR) is 99.9 cm³/mol. The molecule has 0 atom stereocenters. The lowest BCUT2D eigenvalue weighted by molar-refractivity contribution is 0.201. The van der Waals surface area contributed by atoms with E-state index in [1.54, 1.807) is 11.3 Å². The molecule has 3 aromatic rings. The highest BCUT2D eigenvalue weighted by Crippen LogP contribution is 2.34. The van der Waals surface area contributed by atoms with E-state index in [0.717, 1.165) is 32.2 Å². The number of aliphatic hydroxyl groups is 1. The van der Waals surface area contributed by atoms with Crippen molar-refractivity contribution < 1.29 is 9.84 Å². The molecule has 0 saturated carbocycles. The van der Waals surface area contributed by atoms with Crippen molar-refractivity contribution in [2.45, 2.75) is 0 Å². The molecule has 0 aliphatic heterocycles. The summed E-state index contributed by atoms with van der Waals surface area (Å²) in [7, 11) is 1.92. The van der Waals surface area contributed by atoms with Gasteiger partial charge in [0.25, 0.3) is 0 Å². The van der Waals surface area contributed by atoms with Gasteiger partial charge in [-0.2, -0.15) is 0 Å². The standard InChI is InChI=1S/C16H15IN2O2S/c1-18-13-4-2-10(8-12(13)17)16-19-14-5-3-11(21-7-6-20)9-15(14)22-16/h2-5,8-9,18,20H,6-7H2,1H3. The fourth-order valence-electron chi connectivity index (χ4n) is 2.13. The van der Waals surface area contributed by atoms with Gasteiger partial charge in [-0.15, -0.1) is 11.3 Å². The van der Waals surface area contributed by atoms with E-state index in [2.05, 4.69) is 46.1 Å². The first-order chi connectivity index (χ1) is 10.7. The average Bonchev–Trinajstić information content (AvgIpc) is 2.96. The minimum atomic E-state index is 0.0161. The molecular weight excluding hydrogens is 411 g/mol. The van der Waals surface area contributed by atoms with Gasteiger partial charge in [-0.1, -0.05) is 0 Å². The largest absolute Gasteiger partial charge is 0.491 e. The summed E-state index contributed by atoms with van der Waals surface area (Å²) < 4.78 is 7.70. The summed E-state index contributed by atoms with van der Waals surface area (Å²) in [5, 5.41) is 13.0. The first-order valence-electron chi connectivity index (χ1n) is 6.83. The summed E-state index contributed by atoms with van der Waals surface area (Å²) in [5.74, 6) is 0.761. The predicted octanol–water partition coefficient (Wildman–Crippen LogP) is 3.98. The Bertz CT molecular complexity index is 804. The lowest BCUT2D eigenvalue weighted by Gasteiger charge is -2.04. The van der Waals surface area contributed by atoms with Gasteiger partial charge >= 0.3 is 0 Å². The van der Waals surface area contributed by atoms with Crippen LogP contribution in [0.25, 0.3) is 20.8 Å². The maximum atomic E-state index is 8.82. The average molecular weight is 426 g/mol. The lowest BCUT2D eigenvalue weighted by atomic mass is 10.2. The first-order valence-corrected chi connectivity index (χ1v) is 8.72. The van der Waals surface area contributed by atoms with Crippen LogP contribution in [0, 0.1) is 3.57 Å². The van der Waals surface area contributed by atoms with Crippen LogP contribution in [0.15, 0.2) is 36.4 Å². The summed E-state index contributed by atoms with van der Waals surface area (Å²) in [6, 6.07) is 12.1. The molecule has 0 amide bonds. The molecule has 4 nitrogen and oxygen atoms in total. The molecule has 0 radical (unpaired) electrons. The quantitative estimate of drug-likeness (QED) is 0.607. The topological polar surface area (TPSA) is 54.4 Å². The molecular formula is C16H15IN2O2S. The molecule has 3 rings (SSSR count). The highest BCUT2D eigenvalue weighted by atomic mass is 127. The molecule has 22 heavy (non-hydrogen) atoms. The number of hydrogen-bond acceptors (Lipinski definition) is 5. The van der Waals surface area contributed by atoms with Crippen LogP contribution in [0.2, 0.25) is 0 Å². The van der Waals surface area contributed by atoms with Gasteiger partial charge in [0.2, 0.25) is 0 Å². The van der Waals surface area contributed by atoms with E-state index < -0.39 is 0 Å². The zero-order chi connectivity index (χ0) is 15.5. The minimum absolute atomic E-state index is 0.0161. The lowest BCUT2D eigenvalue weighted by Crippen LogP contribution is -2.00. The summed E-state index contributed by atoms with van der Waals surface area (Å²) in [4.78, 5) is 4.69. The smallest absolute Gasteiger partial charge is 0.124 e. The van der Waals surface area contributed by atoms with Crippen molar-refractivity contribution in [1.29, 1.82) is 0 Å². The third-order valence-electron chi connectivity index (χ3n) is 3.21. The number of nitrogens with zero attached hydrogens (tertiary/aromatic N) is 1. The fourth-order valence-corrected chi connectivity index (χ4v) is 3.91. The van der Waals surface area contributed by atoms with Crippen molar-refractivity contribution in [2.75, 3.05) is 25.6 Å². The molecule has 0 spiro atoms. The third-order valence-corrected chi connectivity index (χ3v) is 5.17. The number of aromatic nitrogens is 1. The summed E-state index contributed by atoms with van der Waals surface area (Å²) >= 11 is 3.97. The fraction of sp³-hybridized carbons (Fsp3) is 0.188. The molecule has 0 aliphatic carbocycles. The van der Waals surface area contributed by atoms with Crippen LogP contribution in [0.5, 0.6) is 5.75 Å². The highest BCUT2D eigenvalue weighted by molar-refractivity contribution is 14.1. The van der Waals surface area contributed by atoms with Crippen LogP contribution in [0.3, 0.4) is 0 Å². The number of fused-ring (bicyclic) bond motifs is 1. The van der Waals surface area contributed by atoms with E-state index >= 15 is 0 Å². The molecule has 0 aliphatic rings. The Balaban J connectivity index is 1.96. The normalized spacial score (nSPS) is 10.9. The van der Waals surface area contributed by atoms with Gasteiger partial charge in [-0.05, 0) is 59.0 Å². The number of rotatable bonds is 5. The maximum absolute atomic E-state index is 8.82. The van der Waals surface area contributed by atoms with Gasteiger partial charge in [0.05, 0.1) is 16.8 Å². The van der Waals surface area contributed by atoms with Crippen LogP contribution in [-0.2, 0) is 0 Å². The van der Waals surface area contributed by atoms with E-state index in [1.165, 1.54) is 3.57 Å². The molecule has 2 N–H and O–H groups in total. The number of anilines is 1. The number of halogens is 1. The third kappa shape index (κ3) is 3.18. The minimum Gasteiger partial charge on any atom is -0.491 e. The Kier molecular flexibility index (Phi) is 4.80. The molecule has 1 aromatic heterocycles. The van der Waals surface area contributed by atoms with Crippen molar-refractivity contribution in [3.8, 4) is 16.3 Å². The summed E-state index contributed by atoms with van der Waals surface area (Å²) in [6.07, 6.45) is 0. The van der Waals surface area contributed by atoms with E-state index in [1.807, 2.05) is 25.2 Å². The Morgan fingerprint density at radius 3 is 2.86 bits per heavy atom. The van der Waals surface area contributed by atoms with Gasteiger partial charge in [0.1, 0.15) is 17.4 Å². The molecule has 0 unspecified atom stereocenters. The maximum Gasteiger partial charge on any atom is 0.124 e. The van der Waals surface area contributed by atoms with E-state index in [9.17, 15) is 0 Å². The highest BCUT2D eigenvalue weighted by Gasteiger charge is 2.09. The van der Waals surface area contributed by atoms with Crippen LogP contribution < -0.4 is 10.1 Å². The molecule has 0 saturated heterocycles. The van der Waals surface area contributed by atoms with Gasteiger partial charge in [-0.3, -0.25) is 0 Å². The van der Waals surface area contributed by atoms with Crippen molar-refractivity contribution in [3.05, 3.63) is 40.0 Å². The molecule has 0 fully saturated rings. The van der Waals surface area contributed by atoms with E-state index in [-0.39, 0.29) is 6.61 Å². The number of aliphatic hydroxyl groups excluding tert-OH is 1.